The summed E-state index contributed by atoms with van der Waals surface area (Å²) < 4.78 is 1.97. The summed E-state index contributed by atoms with van der Waals surface area (Å²) >= 11 is 0. The van der Waals surface area contributed by atoms with Gasteiger partial charge < -0.3 is 4.57 Å². The Morgan fingerprint density at radius 2 is 2.21 bits per heavy atom. The largest absolute Gasteiger partial charge is 0.313 e. The van der Waals surface area contributed by atoms with Crippen LogP contribution >= 0.6 is 0 Å². The van der Waals surface area contributed by atoms with Crippen molar-refractivity contribution in [3.8, 4) is 11.5 Å². The molecular formula is C10H12N4. The maximum atomic E-state index is 4.40. The molecule has 0 aromatic carbocycles. The second kappa shape index (κ2) is 3.57. The van der Waals surface area contributed by atoms with Gasteiger partial charge in [0.15, 0.2) is 5.82 Å². The third-order valence-corrected chi connectivity index (χ3v) is 2.07. The SMILES string of the molecule is CCn1cnnc1-c1cccc(C)n1. The molecule has 0 aliphatic carbocycles. The fraction of sp³-hybridized carbons (Fsp3) is 0.300. The molecule has 0 N–H and O–H groups in total. The second-order valence-corrected chi connectivity index (χ2v) is 3.10. The third kappa shape index (κ3) is 1.51. The average molecular weight is 188 g/mol. The number of aromatic nitrogens is 4. The molecule has 0 unspecified atom stereocenters. The lowest BCUT2D eigenvalue weighted by Crippen LogP contribution is -1.98. The summed E-state index contributed by atoms with van der Waals surface area (Å²) in [5, 5.41) is 7.92. The minimum Gasteiger partial charge on any atom is -0.313 e. The van der Waals surface area contributed by atoms with Gasteiger partial charge in [0.05, 0.1) is 0 Å². The van der Waals surface area contributed by atoms with Gasteiger partial charge in [-0.05, 0) is 26.0 Å². The fourth-order valence-electron chi connectivity index (χ4n) is 1.35. The van der Waals surface area contributed by atoms with E-state index in [1.165, 1.54) is 0 Å². The lowest BCUT2D eigenvalue weighted by Gasteiger charge is -2.02. The zero-order valence-electron chi connectivity index (χ0n) is 8.31. The van der Waals surface area contributed by atoms with Crippen molar-refractivity contribution >= 4 is 0 Å². The normalized spacial score (nSPS) is 10.4. The van der Waals surface area contributed by atoms with E-state index in [-0.39, 0.29) is 0 Å². The van der Waals surface area contributed by atoms with Crippen molar-refractivity contribution in [1.82, 2.24) is 19.7 Å². The van der Waals surface area contributed by atoms with Gasteiger partial charge in [0.1, 0.15) is 12.0 Å². The van der Waals surface area contributed by atoms with Gasteiger partial charge in [-0.1, -0.05) is 6.07 Å². The molecule has 14 heavy (non-hydrogen) atoms. The summed E-state index contributed by atoms with van der Waals surface area (Å²) in [5.41, 5.74) is 1.87. The molecule has 0 spiro atoms. The Labute approximate surface area is 82.6 Å². The molecule has 0 amide bonds. The lowest BCUT2D eigenvalue weighted by molar-refractivity contribution is 0.764. The lowest BCUT2D eigenvalue weighted by atomic mass is 10.3. The molecule has 0 fully saturated rings. The standard InChI is InChI=1S/C10H12N4/c1-3-14-7-11-13-10(14)9-6-4-5-8(2)12-9/h4-7H,3H2,1-2H3. The molecule has 2 aromatic heterocycles. The predicted octanol–water partition coefficient (Wildman–Crippen LogP) is 1.67. The van der Waals surface area contributed by atoms with E-state index >= 15 is 0 Å². The quantitative estimate of drug-likeness (QED) is 0.720. The molecule has 72 valence electrons. The van der Waals surface area contributed by atoms with Crippen LogP contribution in [0, 0.1) is 6.92 Å². The summed E-state index contributed by atoms with van der Waals surface area (Å²) in [6, 6.07) is 5.89. The summed E-state index contributed by atoms with van der Waals surface area (Å²) in [6.07, 6.45) is 1.72. The smallest absolute Gasteiger partial charge is 0.182 e. The van der Waals surface area contributed by atoms with Crippen LogP contribution in [-0.4, -0.2) is 19.7 Å². The van der Waals surface area contributed by atoms with E-state index in [1.54, 1.807) is 6.33 Å². The van der Waals surface area contributed by atoms with Gasteiger partial charge in [-0.15, -0.1) is 10.2 Å². The van der Waals surface area contributed by atoms with Crippen molar-refractivity contribution in [2.24, 2.45) is 0 Å². The molecule has 0 saturated heterocycles. The molecule has 2 rings (SSSR count). The van der Waals surface area contributed by atoms with Gasteiger partial charge in [0.25, 0.3) is 0 Å². The second-order valence-electron chi connectivity index (χ2n) is 3.10. The molecule has 4 heteroatoms. The van der Waals surface area contributed by atoms with E-state index in [2.05, 4.69) is 22.1 Å². The number of rotatable bonds is 2. The Morgan fingerprint density at radius 3 is 2.93 bits per heavy atom. The van der Waals surface area contributed by atoms with Gasteiger partial charge in [0.2, 0.25) is 0 Å². The van der Waals surface area contributed by atoms with E-state index < -0.39 is 0 Å². The molecule has 0 radical (unpaired) electrons. The average Bonchev–Trinajstić information content (AvgIpc) is 2.65. The summed E-state index contributed by atoms with van der Waals surface area (Å²) in [6.45, 7) is 4.89. The Morgan fingerprint density at radius 1 is 1.36 bits per heavy atom. The zero-order valence-corrected chi connectivity index (χ0v) is 8.31. The van der Waals surface area contributed by atoms with Crippen molar-refractivity contribution in [1.29, 1.82) is 0 Å². The Hall–Kier alpha value is -1.71. The number of nitrogens with zero attached hydrogens (tertiary/aromatic N) is 4. The number of aryl methyl sites for hydroxylation is 2. The number of hydrogen-bond donors (Lipinski definition) is 0. The van der Waals surface area contributed by atoms with Crippen LogP contribution < -0.4 is 0 Å². The Bertz CT molecular complexity index is 433. The zero-order chi connectivity index (χ0) is 9.97. The van der Waals surface area contributed by atoms with Crippen LogP contribution in [0.25, 0.3) is 11.5 Å². The van der Waals surface area contributed by atoms with Crippen molar-refractivity contribution in [2.45, 2.75) is 20.4 Å². The Balaban J connectivity index is 2.49. The topological polar surface area (TPSA) is 43.6 Å². The highest BCUT2D eigenvalue weighted by molar-refractivity contribution is 5.48. The monoisotopic (exact) mass is 188 g/mol. The number of pyridine rings is 1. The molecule has 2 aromatic rings. The van der Waals surface area contributed by atoms with Crippen LogP contribution in [0.15, 0.2) is 24.5 Å². The maximum Gasteiger partial charge on any atom is 0.182 e. The summed E-state index contributed by atoms with van der Waals surface area (Å²) in [5.74, 6) is 0.830. The van der Waals surface area contributed by atoms with Crippen molar-refractivity contribution < 1.29 is 0 Å². The number of hydrogen-bond acceptors (Lipinski definition) is 3. The van der Waals surface area contributed by atoms with Crippen LogP contribution in [0.2, 0.25) is 0 Å². The molecule has 0 bridgehead atoms. The van der Waals surface area contributed by atoms with E-state index in [4.69, 9.17) is 0 Å². The van der Waals surface area contributed by atoms with Gasteiger partial charge >= 0.3 is 0 Å². The van der Waals surface area contributed by atoms with Gasteiger partial charge in [-0.25, -0.2) is 4.98 Å². The molecular weight excluding hydrogens is 176 g/mol. The van der Waals surface area contributed by atoms with Crippen LogP contribution in [0.5, 0.6) is 0 Å². The van der Waals surface area contributed by atoms with E-state index in [1.807, 2.05) is 29.7 Å². The first-order valence-electron chi connectivity index (χ1n) is 4.63. The first kappa shape index (κ1) is 8.87. The molecule has 2 heterocycles. The maximum absolute atomic E-state index is 4.40. The van der Waals surface area contributed by atoms with E-state index in [0.29, 0.717) is 0 Å². The highest BCUT2D eigenvalue weighted by Crippen LogP contribution is 2.13. The highest BCUT2D eigenvalue weighted by Gasteiger charge is 2.06. The molecule has 4 nitrogen and oxygen atoms in total. The van der Waals surface area contributed by atoms with Gasteiger partial charge in [-0.3, -0.25) is 0 Å². The molecule has 0 aliphatic rings. The van der Waals surface area contributed by atoms with Gasteiger partial charge in [0, 0.05) is 12.2 Å². The molecule has 0 aliphatic heterocycles. The van der Waals surface area contributed by atoms with Crippen LogP contribution in [0.1, 0.15) is 12.6 Å². The van der Waals surface area contributed by atoms with Crippen molar-refractivity contribution in [3.63, 3.8) is 0 Å². The molecule has 0 saturated carbocycles. The summed E-state index contributed by atoms with van der Waals surface area (Å²) in [4.78, 5) is 4.40. The first-order valence-corrected chi connectivity index (χ1v) is 4.63. The van der Waals surface area contributed by atoms with Crippen LogP contribution in [-0.2, 0) is 6.54 Å². The molecule has 0 atom stereocenters. The first-order chi connectivity index (χ1) is 6.81. The van der Waals surface area contributed by atoms with Crippen molar-refractivity contribution in [2.75, 3.05) is 0 Å². The van der Waals surface area contributed by atoms with Crippen LogP contribution in [0.4, 0.5) is 0 Å². The van der Waals surface area contributed by atoms with Crippen LogP contribution in [0.3, 0.4) is 0 Å². The minimum absolute atomic E-state index is 0.830. The van der Waals surface area contributed by atoms with Crippen molar-refractivity contribution in [3.05, 3.63) is 30.2 Å². The predicted molar refractivity (Wildman–Crippen MR) is 53.7 cm³/mol. The third-order valence-electron chi connectivity index (χ3n) is 2.07. The minimum atomic E-state index is 0.830. The summed E-state index contributed by atoms with van der Waals surface area (Å²) in [7, 11) is 0. The van der Waals surface area contributed by atoms with E-state index in [0.717, 1.165) is 23.8 Å². The van der Waals surface area contributed by atoms with E-state index in [9.17, 15) is 0 Å². The van der Waals surface area contributed by atoms with Gasteiger partial charge in [-0.2, -0.15) is 0 Å². The Kier molecular flexibility index (Phi) is 2.26. The highest BCUT2D eigenvalue weighted by atomic mass is 15.3. The fourth-order valence-corrected chi connectivity index (χ4v) is 1.35.